The minimum Gasteiger partial charge on any atom is -0.347 e. The minimum absolute atomic E-state index is 0.0677. The summed E-state index contributed by atoms with van der Waals surface area (Å²) in [7, 11) is 0. The SMILES string of the molecule is CC(C)c1ccc(CN2CCCC[C@H]2C[C@@H](NC(=O)C(C)(C)C)c2ccccn2)cc1. The van der Waals surface area contributed by atoms with Crippen molar-refractivity contribution < 1.29 is 4.79 Å². The fraction of sp³-hybridized carbons (Fsp3) is 0.556. The van der Waals surface area contributed by atoms with Gasteiger partial charge in [0, 0.05) is 24.2 Å². The van der Waals surface area contributed by atoms with Gasteiger partial charge in [0.05, 0.1) is 11.7 Å². The molecule has 2 atom stereocenters. The zero-order valence-electron chi connectivity index (χ0n) is 19.9. The van der Waals surface area contributed by atoms with E-state index in [1.54, 1.807) is 0 Å². The van der Waals surface area contributed by atoms with E-state index in [1.807, 2.05) is 45.2 Å². The Labute approximate surface area is 188 Å². The summed E-state index contributed by atoms with van der Waals surface area (Å²) in [6, 6.07) is 15.4. The normalized spacial score (nSPS) is 18.7. The Hall–Kier alpha value is -2.20. The number of hydrogen-bond donors (Lipinski definition) is 1. The smallest absolute Gasteiger partial charge is 0.225 e. The molecule has 1 N–H and O–H groups in total. The molecule has 0 unspecified atom stereocenters. The molecule has 31 heavy (non-hydrogen) atoms. The highest BCUT2D eigenvalue weighted by Crippen LogP contribution is 2.29. The first-order valence-electron chi connectivity index (χ1n) is 11.8. The lowest BCUT2D eigenvalue weighted by atomic mass is 9.91. The number of carbonyl (C=O) groups is 1. The van der Waals surface area contributed by atoms with Gasteiger partial charge < -0.3 is 5.32 Å². The summed E-state index contributed by atoms with van der Waals surface area (Å²) >= 11 is 0. The first-order valence-corrected chi connectivity index (χ1v) is 11.8. The van der Waals surface area contributed by atoms with E-state index in [-0.39, 0.29) is 11.9 Å². The van der Waals surface area contributed by atoms with Gasteiger partial charge >= 0.3 is 0 Å². The van der Waals surface area contributed by atoms with Crippen molar-refractivity contribution in [2.24, 2.45) is 5.41 Å². The van der Waals surface area contributed by atoms with Gasteiger partial charge in [-0.15, -0.1) is 0 Å². The third-order valence-corrected chi connectivity index (χ3v) is 6.32. The number of piperidine rings is 1. The first kappa shape index (κ1) is 23.5. The highest BCUT2D eigenvalue weighted by molar-refractivity contribution is 5.81. The second-order valence-electron chi connectivity index (χ2n) is 10.3. The second kappa shape index (κ2) is 10.4. The molecular weight excluding hydrogens is 382 g/mol. The fourth-order valence-corrected chi connectivity index (χ4v) is 4.26. The van der Waals surface area contributed by atoms with Crippen LogP contribution >= 0.6 is 0 Å². The topological polar surface area (TPSA) is 45.2 Å². The Balaban J connectivity index is 1.75. The molecule has 1 aliphatic rings. The van der Waals surface area contributed by atoms with Crippen LogP contribution in [0.25, 0.3) is 0 Å². The van der Waals surface area contributed by atoms with E-state index in [1.165, 1.54) is 30.4 Å². The number of amides is 1. The van der Waals surface area contributed by atoms with E-state index in [0.29, 0.717) is 12.0 Å². The van der Waals surface area contributed by atoms with Gasteiger partial charge in [-0.05, 0) is 55.0 Å². The molecule has 0 aliphatic carbocycles. The molecule has 4 heteroatoms. The molecule has 1 aromatic heterocycles. The van der Waals surface area contributed by atoms with E-state index in [2.05, 4.69) is 53.3 Å². The Morgan fingerprint density at radius 3 is 2.48 bits per heavy atom. The second-order valence-corrected chi connectivity index (χ2v) is 10.3. The van der Waals surface area contributed by atoms with Gasteiger partial charge in [0.1, 0.15) is 0 Å². The number of nitrogens with zero attached hydrogens (tertiary/aromatic N) is 2. The van der Waals surface area contributed by atoms with Crippen LogP contribution in [0.5, 0.6) is 0 Å². The van der Waals surface area contributed by atoms with Crippen molar-refractivity contribution in [2.75, 3.05) is 6.54 Å². The van der Waals surface area contributed by atoms with Crippen LogP contribution in [-0.2, 0) is 11.3 Å². The Morgan fingerprint density at radius 1 is 1.13 bits per heavy atom. The van der Waals surface area contributed by atoms with E-state index >= 15 is 0 Å². The van der Waals surface area contributed by atoms with Gasteiger partial charge in [-0.2, -0.15) is 0 Å². The lowest BCUT2D eigenvalue weighted by Crippen LogP contribution is -2.44. The highest BCUT2D eigenvalue weighted by Gasteiger charge is 2.30. The van der Waals surface area contributed by atoms with Gasteiger partial charge in [0.25, 0.3) is 0 Å². The van der Waals surface area contributed by atoms with Crippen molar-refractivity contribution in [3.8, 4) is 0 Å². The molecule has 3 rings (SSSR count). The maximum absolute atomic E-state index is 12.8. The highest BCUT2D eigenvalue weighted by atomic mass is 16.2. The predicted molar refractivity (Wildman–Crippen MR) is 128 cm³/mol. The third-order valence-electron chi connectivity index (χ3n) is 6.32. The molecule has 1 aromatic carbocycles. The summed E-state index contributed by atoms with van der Waals surface area (Å²) in [6.07, 6.45) is 6.36. The van der Waals surface area contributed by atoms with Crippen molar-refractivity contribution in [3.05, 3.63) is 65.5 Å². The fourth-order valence-electron chi connectivity index (χ4n) is 4.26. The predicted octanol–water partition coefficient (Wildman–Crippen LogP) is 5.85. The molecule has 1 fully saturated rings. The number of hydrogen-bond acceptors (Lipinski definition) is 3. The van der Waals surface area contributed by atoms with Crippen molar-refractivity contribution in [1.82, 2.24) is 15.2 Å². The zero-order chi connectivity index (χ0) is 22.4. The maximum atomic E-state index is 12.8. The number of aromatic nitrogens is 1. The monoisotopic (exact) mass is 421 g/mol. The summed E-state index contributed by atoms with van der Waals surface area (Å²) in [5.41, 5.74) is 3.28. The van der Waals surface area contributed by atoms with Crippen LogP contribution in [-0.4, -0.2) is 28.4 Å². The summed E-state index contributed by atoms with van der Waals surface area (Å²) in [6.45, 7) is 12.4. The maximum Gasteiger partial charge on any atom is 0.225 e. The average molecular weight is 422 g/mol. The first-order chi connectivity index (χ1) is 14.7. The standard InChI is InChI=1S/C27H39N3O/c1-20(2)22-14-12-21(13-15-22)19-30-17-9-7-10-23(30)18-25(24-11-6-8-16-28-24)29-26(31)27(3,4)5/h6,8,11-16,20,23,25H,7,9-10,17-19H2,1-5H3,(H,29,31)/t23-,25+/m0/s1. The van der Waals surface area contributed by atoms with Gasteiger partial charge in [-0.25, -0.2) is 0 Å². The summed E-state index contributed by atoms with van der Waals surface area (Å²) in [5, 5.41) is 3.30. The van der Waals surface area contributed by atoms with Crippen LogP contribution in [0.2, 0.25) is 0 Å². The lowest BCUT2D eigenvalue weighted by Gasteiger charge is -2.38. The summed E-state index contributed by atoms with van der Waals surface area (Å²) in [5.74, 6) is 0.636. The van der Waals surface area contributed by atoms with Crippen LogP contribution in [0.1, 0.15) is 89.1 Å². The van der Waals surface area contributed by atoms with E-state index in [0.717, 1.165) is 25.2 Å². The summed E-state index contributed by atoms with van der Waals surface area (Å²) < 4.78 is 0. The van der Waals surface area contributed by atoms with Gasteiger partial charge in [0.15, 0.2) is 0 Å². The molecule has 2 aromatic rings. The number of nitrogens with one attached hydrogen (secondary N) is 1. The van der Waals surface area contributed by atoms with Gasteiger partial charge in [-0.3, -0.25) is 14.7 Å². The van der Waals surface area contributed by atoms with Crippen molar-refractivity contribution in [2.45, 2.75) is 84.8 Å². The Morgan fingerprint density at radius 2 is 1.87 bits per heavy atom. The molecular formula is C27H39N3O. The Bertz CT molecular complexity index is 824. The molecule has 0 spiro atoms. The number of pyridine rings is 1. The van der Waals surface area contributed by atoms with Crippen LogP contribution in [0.15, 0.2) is 48.7 Å². The molecule has 168 valence electrons. The zero-order valence-corrected chi connectivity index (χ0v) is 19.9. The molecule has 4 nitrogen and oxygen atoms in total. The average Bonchev–Trinajstić information content (AvgIpc) is 2.75. The molecule has 0 radical (unpaired) electrons. The van der Waals surface area contributed by atoms with Crippen LogP contribution < -0.4 is 5.32 Å². The minimum atomic E-state index is -0.419. The van der Waals surface area contributed by atoms with Crippen molar-refractivity contribution in [3.63, 3.8) is 0 Å². The van der Waals surface area contributed by atoms with E-state index in [4.69, 9.17) is 0 Å². The lowest BCUT2D eigenvalue weighted by molar-refractivity contribution is -0.129. The van der Waals surface area contributed by atoms with Gasteiger partial charge in [-0.1, -0.05) is 71.4 Å². The van der Waals surface area contributed by atoms with Crippen LogP contribution in [0.3, 0.4) is 0 Å². The van der Waals surface area contributed by atoms with E-state index in [9.17, 15) is 4.79 Å². The largest absolute Gasteiger partial charge is 0.347 e. The molecule has 1 saturated heterocycles. The quantitative estimate of drug-likeness (QED) is 0.610. The number of benzene rings is 1. The molecule has 1 amide bonds. The molecule has 0 bridgehead atoms. The molecule has 0 saturated carbocycles. The summed E-state index contributed by atoms with van der Waals surface area (Å²) in [4.78, 5) is 20.0. The molecule has 2 heterocycles. The van der Waals surface area contributed by atoms with Crippen LogP contribution in [0, 0.1) is 5.41 Å². The number of carbonyl (C=O) groups excluding carboxylic acids is 1. The van der Waals surface area contributed by atoms with Crippen molar-refractivity contribution >= 4 is 5.91 Å². The Kier molecular flexibility index (Phi) is 7.88. The third kappa shape index (κ3) is 6.64. The van der Waals surface area contributed by atoms with Gasteiger partial charge in [0.2, 0.25) is 5.91 Å². The van der Waals surface area contributed by atoms with Crippen LogP contribution in [0.4, 0.5) is 0 Å². The van der Waals surface area contributed by atoms with E-state index < -0.39 is 5.41 Å². The van der Waals surface area contributed by atoms with Crippen molar-refractivity contribution in [1.29, 1.82) is 0 Å². The number of likely N-dealkylation sites (tertiary alicyclic amines) is 1. The molecule has 1 aliphatic heterocycles. The number of rotatable bonds is 7.